The van der Waals surface area contributed by atoms with Crippen molar-refractivity contribution >= 4 is 46.6 Å². The van der Waals surface area contributed by atoms with Gasteiger partial charge in [0.05, 0.1) is 12.9 Å². The number of methoxy groups -OCH3 is 1. The highest BCUT2D eigenvalue weighted by Gasteiger charge is 2.34. The standard InChI is InChI=1S/C18H17ClN2O3S/c1-24-15-7-5-14(6-8-15)21-17(23)11-25-18(21)12-3-2-4-13(9-12)20-16(22)10-19/h2-9,18H,10-11H2,1H3,(H,20,22)/t18-/m0/s1. The molecule has 25 heavy (non-hydrogen) atoms. The number of ether oxygens (including phenoxy) is 1. The number of hydrogen-bond acceptors (Lipinski definition) is 4. The number of alkyl halides is 1. The third kappa shape index (κ3) is 3.91. The first kappa shape index (κ1) is 17.6. The maximum atomic E-state index is 12.4. The number of thioether (sulfide) groups is 1. The Labute approximate surface area is 155 Å². The number of nitrogens with zero attached hydrogens (tertiary/aromatic N) is 1. The summed E-state index contributed by atoms with van der Waals surface area (Å²) in [4.78, 5) is 25.7. The van der Waals surface area contributed by atoms with Crippen molar-refractivity contribution in [2.45, 2.75) is 5.37 Å². The number of amides is 2. The first-order valence-electron chi connectivity index (χ1n) is 7.66. The molecule has 2 amide bonds. The van der Waals surface area contributed by atoms with Crippen LogP contribution in [0.4, 0.5) is 11.4 Å². The fourth-order valence-electron chi connectivity index (χ4n) is 2.66. The molecule has 0 spiro atoms. The maximum absolute atomic E-state index is 12.4. The lowest BCUT2D eigenvalue weighted by Gasteiger charge is -2.25. The molecule has 0 aliphatic carbocycles. The molecule has 1 atom stereocenters. The first-order chi connectivity index (χ1) is 12.1. The summed E-state index contributed by atoms with van der Waals surface area (Å²) in [6.45, 7) is 0. The van der Waals surface area contributed by atoms with Crippen molar-refractivity contribution in [1.29, 1.82) is 0 Å². The van der Waals surface area contributed by atoms with E-state index in [2.05, 4.69) is 5.32 Å². The summed E-state index contributed by atoms with van der Waals surface area (Å²) in [5.41, 5.74) is 2.42. The SMILES string of the molecule is COc1ccc(N2C(=O)CS[C@H]2c2cccc(NC(=O)CCl)c2)cc1. The van der Waals surface area contributed by atoms with Gasteiger partial charge in [0.1, 0.15) is 17.0 Å². The minimum atomic E-state index is -0.263. The summed E-state index contributed by atoms with van der Waals surface area (Å²) in [5, 5.41) is 2.59. The van der Waals surface area contributed by atoms with E-state index in [1.165, 1.54) is 0 Å². The second kappa shape index (κ2) is 7.80. The van der Waals surface area contributed by atoms with Crippen molar-refractivity contribution in [1.82, 2.24) is 0 Å². The third-order valence-corrected chi connectivity index (χ3v) is 5.25. The average molecular weight is 377 g/mol. The largest absolute Gasteiger partial charge is 0.497 e. The van der Waals surface area contributed by atoms with Crippen LogP contribution in [0.15, 0.2) is 48.5 Å². The Morgan fingerprint density at radius 3 is 2.76 bits per heavy atom. The molecule has 1 aliphatic heterocycles. The molecule has 3 rings (SSSR count). The maximum Gasteiger partial charge on any atom is 0.239 e. The van der Waals surface area contributed by atoms with Crippen molar-refractivity contribution in [3.05, 3.63) is 54.1 Å². The number of carbonyl (C=O) groups is 2. The lowest BCUT2D eigenvalue weighted by molar-refractivity contribution is -0.116. The Kier molecular flexibility index (Phi) is 5.50. The van der Waals surface area contributed by atoms with Crippen molar-refractivity contribution < 1.29 is 14.3 Å². The number of halogens is 1. The van der Waals surface area contributed by atoms with Crippen LogP contribution in [-0.4, -0.2) is 30.6 Å². The van der Waals surface area contributed by atoms with Crippen LogP contribution in [0.1, 0.15) is 10.9 Å². The fourth-order valence-corrected chi connectivity index (χ4v) is 3.89. The molecule has 1 N–H and O–H groups in total. The Morgan fingerprint density at radius 2 is 2.08 bits per heavy atom. The van der Waals surface area contributed by atoms with Gasteiger partial charge >= 0.3 is 0 Å². The highest BCUT2D eigenvalue weighted by atomic mass is 35.5. The molecule has 0 saturated carbocycles. The zero-order valence-electron chi connectivity index (χ0n) is 13.6. The number of carbonyl (C=O) groups excluding carboxylic acids is 2. The molecular weight excluding hydrogens is 360 g/mol. The van der Waals surface area contributed by atoms with Crippen LogP contribution >= 0.6 is 23.4 Å². The van der Waals surface area contributed by atoms with E-state index < -0.39 is 0 Å². The van der Waals surface area contributed by atoms with Gasteiger partial charge in [0.15, 0.2) is 0 Å². The number of anilines is 2. The van der Waals surface area contributed by atoms with Crippen LogP contribution in [0.25, 0.3) is 0 Å². The molecule has 0 radical (unpaired) electrons. The summed E-state index contributed by atoms with van der Waals surface area (Å²) < 4.78 is 5.17. The summed E-state index contributed by atoms with van der Waals surface area (Å²) >= 11 is 7.09. The molecule has 1 aliphatic rings. The molecule has 5 nitrogen and oxygen atoms in total. The molecule has 1 heterocycles. The fraction of sp³-hybridized carbons (Fsp3) is 0.222. The van der Waals surface area contributed by atoms with E-state index in [4.69, 9.17) is 16.3 Å². The van der Waals surface area contributed by atoms with E-state index >= 15 is 0 Å². The van der Waals surface area contributed by atoms with Gasteiger partial charge in [-0.3, -0.25) is 14.5 Å². The minimum Gasteiger partial charge on any atom is -0.497 e. The molecule has 7 heteroatoms. The van der Waals surface area contributed by atoms with Gasteiger partial charge in [-0.25, -0.2) is 0 Å². The van der Waals surface area contributed by atoms with Crippen molar-refractivity contribution in [3.63, 3.8) is 0 Å². The number of hydrogen-bond donors (Lipinski definition) is 1. The third-order valence-electron chi connectivity index (χ3n) is 3.80. The van der Waals surface area contributed by atoms with Gasteiger partial charge in [0.25, 0.3) is 0 Å². The second-order valence-electron chi connectivity index (χ2n) is 5.43. The molecule has 1 fully saturated rings. The zero-order chi connectivity index (χ0) is 17.8. The molecule has 0 bridgehead atoms. The van der Waals surface area contributed by atoms with Gasteiger partial charge in [0, 0.05) is 11.4 Å². The van der Waals surface area contributed by atoms with Gasteiger partial charge in [-0.2, -0.15) is 0 Å². The van der Waals surface area contributed by atoms with Crippen LogP contribution in [0, 0.1) is 0 Å². The lowest BCUT2D eigenvalue weighted by Crippen LogP contribution is -2.27. The van der Waals surface area contributed by atoms with Crippen LogP contribution in [0.2, 0.25) is 0 Å². The van der Waals surface area contributed by atoms with E-state index in [1.54, 1.807) is 29.8 Å². The van der Waals surface area contributed by atoms with Gasteiger partial charge in [-0.15, -0.1) is 23.4 Å². The summed E-state index contributed by atoms with van der Waals surface area (Å²) in [6.07, 6.45) is 0. The van der Waals surface area contributed by atoms with Crippen molar-refractivity contribution in [2.75, 3.05) is 29.0 Å². The van der Waals surface area contributed by atoms with E-state index in [9.17, 15) is 9.59 Å². The van der Waals surface area contributed by atoms with E-state index in [0.29, 0.717) is 11.4 Å². The van der Waals surface area contributed by atoms with Crippen molar-refractivity contribution in [2.24, 2.45) is 0 Å². The van der Waals surface area contributed by atoms with E-state index in [0.717, 1.165) is 17.0 Å². The highest BCUT2D eigenvalue weighted by molar-refractivity contribution is 8.00. The number of benzene rings is 2. The van der Waals surface area contributed by atoms with E-state index in [1.807, 2.05) is 42.5 Å². The second-order valence-corrected chi connectivity index (χ2v) is 6.77. The van der Waals surface area contributed by atoms with Gasteiger partial charge in [0.2, 0.25) is 11.8 Å². The quantitative estimate of drug-likeness (QED) is 0.809. The number of rotatable bonds is 5. The molecule has 130 valence electrons. The Bertz CT molecular complexity index is 782. The lowest BCUT2D eigenvalue weighted by atomic mass is 10.1. The van der Waals surface area contributed by atoms with Crippen LogP contribution in [0.5, 0.6) is 5.75 Å². The van der Waals surface area contributed by atoms with Crippen LogP contribution < -0.4 is 15.0 Å². The number of nitrogens with one attached hydrogen (secondary N) is 1. The monoisotopic (exact) mass is 376 g/mol. The minimum absolute atomic E-state index is 0.0513. The summed E-state index contributed by atoms with van der Waals surface area (Å²) in [5.74, 6) is 0.843. The Balaban J connectivity index is 1.88. The van der Waals surface area contributed by atoms with Crippen molar-refractivity contribution in [3.8, 4) is 5.75 Å². The summed E-state index contributed by atoms with van der Waals surface area (Å²) in [6, 6.07) is 14.9. The summed E-state index contributed by atoms with van der Waals surface area (Å²) in [7, 11) is 1.61. The topological polar surface area (TPSA) is 58.6 Å². The predicted octanol–water partition coefficient (Wildman–Crippen LogP) is 3.65. The molecule has 0 unspecified atom stereocenters. The highest BCUT2D eigenvalue weighted by Crippen LogP contribution is 2.42. The van der Waals surface area contributed by atoms with Gasteiger partial charge < -0.3 is 10.1 Å². The molecule has 2 aromatic rings. The van der Waals surface area contributed by atoms with E-state index in [-0.39, 0.29) is 23.1 Å². The van der Waals surface area contributed by atoms with Crippen LogP contribution in [0.3, 0.4) is 0 Å². The molecule has 2 aromatic carbocycles. The predicted molar refractivity (Wildman–Crippen MR) is 101 cm³/mol. The molecular formula is C18H17ClN2O3S. The molecule has 0 aromatic heterocycles. The Morgan fingerprint density at radius 1 is 1.32 bits per heavy atom. The first-order valence-corrected chi connectivity index (χ1v) is 9.24. The molecule has 1 saturated heterocycles. The smallest absolute Gasteiger partial charge is 0.239 e. The zero-order valence-corrected chi connectivity index (χ0v) is 15.1. The Hall–Kier alpha value is -2.18. The van der Waals surface area contributed by atoms with Gasteiger partial charge in [-0.1, -0.05) is 12.1 Å². The van der Waals surface area contributed by atoms with Crippen LogP contribution in [-0.2, 0) is 9.59 Å². The van der Waals surface area contributed by atoms with Gasteiger partial charge in [-0.05, 0) is 42.0 Å². The average Bonchev–Trinajstić information content (AvgIpc) is 3.03. The normalized spacial score (nSPS) is 16.8.